The fourth-order valence-electron chi connectivity index (χ4n) is 4.24. The van der Waals surface area contributed by atoms with Crippen LogP contribution in [-0.4, -0.2) is 56.6 Å². The number of pyridine rings is 1. The molecule has 214 valence electrons. The smallest absolute Gasteiger partial charge is 0.251 e. The predicted octanol–water partition coefficient (Wildman–Crippen LogP) is 4.66. The van der Waals surface area contributed by atoms with E-state index in [1.807, 2.05) is 38.1 Å². The highest BCUT2D eigenvalue weighted by molar-refractivity contribution is 6.31. The number of halogens is 1. The van der Waals surface area contributed by atoms with Crippen LogP contribution in [0.4, 0.5) is 0 Å². The first-order valence-corrected chi connectivity index (χ1v) is 13.3. The first-order chi connectivity index (χ1) is 19.0. The number of rotatable bonds is 12. The molecule has 10 heteroatoms. The van der Waals surface area contributed by atoms with Crippen molar-refractivity contribution in [3.63, 3.8) is 0 Å². The van der Waals surface area contributed by atoms with Crippen molar-refractivity contribution in [2.24, 2.45) is 0 Å². The second-order valence-electron chi connectivity index (χ2n) is 10.4. The van der Waals surface area contributed by atoms with Gasteiger partial charge in [-0.25, -0.2) is 4.98 Å². The third-order valence-corrected chi connectivity index (χ3v) is 6.98. The Morgan fingerprint density at radius 2 is 1.85 bits per heavy atom. The van der Waals surface area contributed by atoms with Gasteiger partial charge in [0.05, 0.1) is 46.3 Å². The summed E-state index contributed by atoms with van der Waals surface area (Å²) in [5.41, 5.74) is 0.877. The standard InChI is InChI=1S/C30H35ClN2O7/c1-29(2)18-40-26-22(29)15-25(33-27(26)31)30(3,35)17-32-28(34)20-8-11-23(24(14-20)37-5)39-13-12-38-16-19-6-9-21(36-4)10-7-19/h6-11,14-15,35H,12-13,16-18H2,1-5H3,(H,32,34). The van der Waals surface area contributed by atoms with Crippen LogP contribution in [0, 0.1) is 0 Å². The molecule has 0 radical (unpaired) electrons. The van der Waals surface area contributed by atoms with Crippen molar-refractivity contribution in [1.82, 2.24) is 10.3 Å². The Balaban J connectivity index is 1.31. The molecule has 0 bridgehead atoms. The van der Waals surface area contributed by atoms with Gasteiger partial charge < -0.3 is 34.1 Å². The van der Waals surface area contributed by atoms with Crippen molar-refractivity contribution < 1.29 is 33.6 Å². The number of hydrogen-bond donors (Lipinski definition) is 2. The fraction of sp³-hybridized carbons (Fsp3) is 0.400. The summed E-state index contributed by atoms with van der Waals surface area (Å²) in [4.78, 5) is 17.2. The molecular weight excluding hydrogens is 536 g/mol. The van der Waals surface area contributed by atoms with Gasteiger partial charge in [-0.05, 0) is 48.9 Å². The number of hydrogen-bond acceptors (Lipinski definition) is 8. The highest BCUT2D eigenvalue weighted by Gasteiger charge is 2.37. The third kappa shape index (κ3) is 6.78. The van der Waals surface area contributed by atoms with Gasteiger partial charge in [0.15, 0.2) is 22.4 Å². The maximum atomic E-state index is 12.9. The molecular formula is C30H35ClN2O7. The number of benzene rings is 2. The maximum absolute atomic E-state index is 12.9. The van der Waals surface area contributed by atoms with Crippen LogP contribution in [0.1, 0.15) is 48.0 Å². The normalized spacial score (nSPS) is 15.0. The van der Waals surface area contributed by atoms with Gasteiger partial charge in [0, 0.05) is 16.5 Å². The average Bonchev–Trinajstić information content (AvgIpc) is 3.26. The van der Waals surface area contributed by atoms with E-state index >= 15 is 0 Å². The first kappa shape index (κ1) is 29.5. The molecule has 0 fully saturated rings. The van der Waals surface area contributed by atoms with Crippen molar-refractivity contribution in [3.05, 3.63) is 76.1 Å². The molecule has 1 unspecified atom stereocenters. The summed E-state index contributed by atoms with van der Waals surface area (Å²) in [6, 6.07) is 14.3. The first-order valence-electron chi connectivity index (χ1n) is 12.9. The molecule has 0 saturated heterocycles. The van der Waals surface area contributed by atoms with Crippen LogP contribution in [0.15, 0.2) is 48.5 Å². The Hall–Kier alpha value is -3.53. The zero-order chi connectivity index (χ0) is 28.9. The van der Waals surface area contributed by atoms with E-state index in [0.717, 1.165) is 16.9 Å². The summed E-state index contributed by atoms with van der Waals surface area (Å²) >= 11 is 6.33. The molecule has 3 aromatic rings. The van der Waals surface area contributed by atoms with E-state index in [1.165, 1.54) is 7.11 Å². The van der Waals surface area contributed by atoms with Crippen LogP contribution in [-0.2, 0) is 22.4 Å². The summed E-state index contributed by atoms with van der Waals surface area (Å²) in [5.74, 6) is 1.84. The lowest BCUT2D eigenvalue weighted by atomic mass is 9.86. The number of fused-ring (bicyclic) bond motifs is 1. The summed E-state index contributed by atoms with van der Waals surface area (Å²) in [5, 5.41) is 14.1. The minimum atomic E-state index is -1.47. The van der Waals surface area contributed by atoms with E-state index in [9.17, 15) is 9.90 Å². The molecule has 1 aromatic heterocycles. The second kappa shape index (κ2) is 12.3. The van der Waals surface area contributed by atoms with Gasteiger partial charge >= 0.3 is 0 Å². The summed E-state index contributed by atoms with van der Waals surface area (Å²) in [7, 11) is 3.13. The second-order valence-corrected chi connectivity index (χ2v) is 10.8. The van der Waals surface area contributed by atoms with Gasteiger partial charge in [-0.2, -0.15) is 0 Å². The monoisotopic (exact) mass is 570 g/mol. The van der Waals surface area contributed by atoms with Gasteiger partial charge in [0.25, 0.3) is 5.91 Å². The molecule has 0 aliphatic carbocycles. The zero-order valence-electron chi connectivity index (χ0n) is 23.4. The lowest BCUT2D eigenvalue weighted by Crippen LogP contribution is -2.39. The van der Waals surface area contributed by atoms with Gasteiger partial charge in [-0.15, -0.1) is 0 Å². The largest absolute Gasteiger partial charge is 0.497 e. The van der Waals surface area contributed by atoms with Crippen LogP contribution in [0.3, 0.4) is 0 Å². The van der Waals surface area contributed by atoms with E-state index in [4.69, 9.17) is 35.3 Å². The Labute approximate surface area is 239 Å². The summed E-state index contributed by atoms with van der Waals surface area (Å²) < 4.78 is 27.8. The van der Waals surface area contributed by atoms with E-state index in [-0.39, 0.29) is 23.0 Å². The van der Waals surface area contributed by atoms with Crippen molar-refractivity contribution >= 4 is 17.5 Å². The number of nitrogens with one attached hydrogen (secondary N) is 1. The molecule has 40 heavy (non-hydrogen) atoms. The minimum Gasteiger partial charge on any atom is -0.497 e. The van der Waals surface area contributed by atoms with Crippen LogP contribution in [0.25, 0.3) is 0 Å². The molecule has 9 nitrogen and oxygen atoms in total. The summed E-state index contributed by atoms with van der Waals surface area (Å²) in [6.45, 7) is 7.17. The number of aliphatic hydroxyl groups is 1. The van der Waals surface area contributed by atoms with Gasteiger partial charge in [-0.1, -0.05) is 37.6 Å². The Morgan fingerprint density at radius 1 is 1.10 bits per heavy atom. The van der Waals surface area contributed by atoms with E-state index < -0.39 is 5.60 Å². The summed E-state index contributed by atoms with van der Waals surface area (Å²) in [6.07, 6.45) is 0. The lowest BCUT2D eigenvalue weighted by molar-refractivity contribution is 0.0488. The number of methoxy groups -OCH3 is 2. The molecule has 1 amide bonds. The molecule has 1 aliphatic heterocycles. The van der Waals surface area contributed by atoms with Gasteiger partial charge in [0.2, 0.25) is 0 Å². The van der Waals surface area contributed by atoms with Crippen molar-refractivity contribution in [3.8, 4) is 23.0 Å². The van der Waals surface area contributed by atoms with Crippen molar-refractivity contribution in [2.45, 2.75) is 38.4 Å². The van der Waals surface area contributed by atoms with E-state index in [0.29, 0.717) is 54.9 Å². The minimum absolute atomic E-state index is 0.0820. The van der Waals surface area contributed by atoms with Gasteiger partial charge in [-0.3, -0.25) is 4.79 Å². The van der Waals surface area contributed by atoms with Crippen molar-refractivity contribution in [1.29, 1.82) is 0 Å². The number of amides is 1. The Morgan fingerprint density at radius 3 is 2.55 bits per heavy atom. The fourth-order valence-corrected chi connectivity index (χ4v) is 4.49. The predicted molar refractivity (Wildman–Crippen MR) is 151 cm³/mol. The molecule has 0 spiro atoms. The molecule has 1 aliphatic rings. The van der Waals surface area contributed by atoms with Crippen LogP contribution < -0.4 is 24.3 Å². The molecule has 2 heterocycles. The Bertz CT molecular complexity index is 1340. The van der Waals surface area contributed by atoms with Gasteiger partial charge in [0.1, 0.15) is 18.0 Å². The number of carbonyl (C=O) groups is 1. The van der Waals surface area contributed by atoms with Crippen molar-refractivity contribution in [2.75, 3.05) is 40.6 Å². The van der Waals surface area contributed by atoms with E-state index in [2.05, 4.69) is 10.3 Å². The van der Waals surface area contributed by atoms with E-state index in [1.54, 1.807) is 38.3 Å². The third-order valence-electron chi connectivity index (χ3n) is 6.72. The molecule has 0 saturated carbocycles. The topological polar surface area (TPSA) is 108 Å². The quantitative estimate of drug-likeness (QED) is 0.239. The lowest BCUT2D eigenvalue weighted by Gasteiger charge is -2.25. The number of ether oxygens (including phenoxy) is 5. The molecule has 2 aromatic carbocycles. The molecule has 4 rings (SSSR count). The van der Waals surface area contributed by atoms with Crippen LogP contribution >= 0.6 is 11.6 Å². The number of nitrogens with zero attached hydrogens (tertiary/aromatic N) is 1. The van der Waals surface area contributed by atoms with Crippen LogP contribution in [0.2, 0.25) is 5.15 Å². The molecule has 1 atom stereocenters. The SMILES string of the molecule is COc1ccc(COCCOc2ccc(C(=O)NCC(C)(O)c3cc4c(c(Cl)n3)OCC4(C)C)cc2OC)cc1. The highest BCUT2D eigenvalue weighted by Crippen LogP contribution is 2.43. The highest BCUT2D eigenvalue weighted by atomic mass is 35.5. The maximum Gasteiger partial charge on any atom is 0.251 e. The number of carbonyl (C=O) groups excluding carboxylic acids is 1. The van der Waals surface area contributed by atoms with Crippen LogP contribution in [0.5, 0.6) is 23.0 Å². The zero-order valence-corrected chi connectivity index (χ0v) is 24.1. The average molecular weight is 571 g/mol. The number of aromatic nitrogens is 1. The Kier molecular flexibility index (Phi) is 9.08. The molecule has 2 N–H and O–H groups in total.